The molecule has 24 heavy (non-hydrogen) atoms. The second kappa shape index (κ2) is 16.7. The van der Waals surface area contributed by atoms with Crippen molar-refractivity contribution in [2.45, 2.75) is 111 Å². The maximum atomic E-state index is 11.6. The number of hydrogen-bond donors (Lipinski definition) is 0. The average Bonchev–Trinajstić information content (AvgIpc) is 2.58. The molecule has 140 valence electrons. The highest BCUT2D eigenvalue weighted by molar-refractivity contribution is 5.75. The SMILES string of the molecule is CCCCCCCCCCCCCCCC(=O)OC(C)=C(C)C=O. The van der Waals surface area contributed by atoms with Crippen LogP contribution in [0.4, 0.5) is 0 Å². The molecule has 0 heterocycles. The Labute approximate surface area is 149 Å². The highest BCUT2D eigenvalue weighted by Crippen LogP contribution is 2.13. The van der Waals surface area contributed by atoms with Gasteiger partial charge >= 0.3 is 5.97 Å². The summed E-state index contributed by atoms with van der Waals surface area (Å²) >= 11 is 0. The zero-order valence-corrected chi connectivity index (χ0v) is 16.2. The molecule has 0 aromatic heterocycles. The summed E-state index contributed by atoms with van der Waals surface area (Å²) in [5.74, 6) is 0.196. The van der Waals surface area contributed by atoms with Crippen molar-refractivity contribution in [1.82, 2.24) is 0 Å². The summed E-state index contributed by atoms with van der Waals surface area (Å²) in [6.45, 7) is 5.57. The van der Waals surface area contributed by atoms with Crippen LogP contribution in [0.5, 0.6) is 0 Å². The van der Waals surface area contributed by atoms with Crippen molar-refractivity contribution in [1.29, 1.82) is 0 Å². The van der Waals surface area contributed by atoms with Crippen LogP contribution in [0, 0.1) is 0 Å². The fourth-order valence-electron chi connectivity index (χ4n) is 2.67. The van der Waals surface area contributed by atoms with E-state index in [-0.39, 0.29) is 5.97 Å². The Hall–Kier alpha value is -1.12. The van der Waals surface area contributed by atoms with E-state index in [1.807, 2.05) is 0 Å². The lowest BCUT2D eigenvalue weighted by Crippen LogP contribution is -2.04. The largest absolute Gasteiger partial charge is 0.431 e. The smallest absolute Gasteiger partial charge is 0.310 e. The maximum absolute atomic E-state index is 11.6. The van der Waals surface area contributed by atoms with Gasteiger partial charge in [0.1, 0.15) is 12.0 Å². The van der Waals surface area contributed by atoms with Gasteiger partial charge in [-0.05, 0) is 20.3 Å². The molecule has 0 saturated carbocycles. The van der Waals surface area contributed by atoms with E-state index in [9.17, 15) is 9.59 Å². The first-order valence-electron chi connectivity index (χ1n) is 9.95. The van der Waals surface area contributed by atoms with Gasteiger partial charge in [0.15, 0.2) is 0 Å². The van der Waals surface area contributed by atoms with Crippen LogP contribution in [0.1, 0.15) is 111 Å². The molecule has 0 saturated heterocycles. The third kappa shape index (κ3) is 14.5. The van der Waals surface area contributed by atoms with Gasteiger partial charge in [0.25, 0.3) is 0 Å². The Morgan fingerprint density at radius 1 is 0.750 bits per heavy atom. The molecule has 0 atom stereocenters. The Bertz CT molecular complexity index is 358. The molecule has 3 nitrogen and oxygen atoms in total. The van der Waals surface area contributed by atoms with Crippen LogP contribution in [0.25, 0.3) is 0 Å². The van der Waals surface area contributed by atoms with Crippen LogP contribution in [0.15, 0.2) is 11.3 Å². The highest BCUT2D eigenvalue weighted by atomic mass is 16.5. The van der Waals surface area contributed by atoms with E-state index in [1.165, 1.54) is 70.6 Å². The van der Waals surface area contributed by atoms with Crippen molar-refractivity contribution < 1.29 is 14.3 Å². The number of allylic oxidation sites excluding steroid dienone is 2. The summed E-state index contributed by atoms with van der Waals surface area (Å²) in [4.78, 5) is 22.2. The van der Waals surface area contributed by atoms with Crippen molar-refractivity contribution in [3.63, 3.8) is 0 Å². The van der Waals surface area contributed by atoms with Crippen LogP contribution in [-0.4, -0.2) is 12.3 Å². The summed E-state index contributed by atoms with van der Waals surface area (Å²) in [6, 6.07) is 0. The number of carbonyl (C=O) groups is 2. The summed E-state index contributed by atoms with van der Waals surface area (Å²) < 4.78 is 5.12. The highest BCUT2D eigenvalue weighted by Gasteiger charge is 2.06. The number of esters is 1. The first kappa shape index (κ1) is 22.9. The quantitative estimate of drug-likeness (QED) is 0.106. The van der Waals surface area contributed by atoms with Gasteiger partial charge < -0.3 is 4.74 Å². The molecule has 0 aliphatic carbocycles. The zero-order valence-electron chi connectivity index (χ0n) is 16.2. The first-order valence-corrected chi connectivity index (χ1v) is 9.95. The van der Waals surface area contributed by atoms with E-state index in [0.29, 0.717) is 24.0 Å². The normalized spacial score (nSPS) is 12.0. The van der Waals surface area contributed by atoms with Crippen molar-refractivity contribution in [3.05, 3.63) is 11.3 Å². The third-order valence-corrected chi connectivity index (χ3v) is 4.48. The molecule has 3 heteroatoms. The molecule has 0 aromatic rings. The van der Waals surface area contributed by atoms with E-state index >= 15 is 0 Å². The molecule has 0 aromatic carbocycles. The number of unbranched alkanes of at least 4 members (excludes halogenated alkanes) is 12. The van der Waals surface area contributed by atoms with Crippen LogP contribution >= 0.6 is 0 Å². The second-order valence-corrected chi connectivity index (χ2v) is 6.82. The molecule has 0 amide bonds. The molecule has 0 N–H and O–H groups in total. The molecule has 0 rings (SSSR count). The first-order chi connectivity index (χ1) is 11.6. The average molecular weight is 339 g/mol. The Morgan fingerprint density at radius 2 is 1.17 bits per heavy atom. The lowest BCUT2D eigenvalue weighted by Gasteiger charge is -2.06. The third-order valence-electron chi connectivity index (χ3n) is 4.48. The minimum atomic E-state index is -0.225. The number of rotatable bonds is 16. The minimum absolute atomic E-state index is 0.225. The lowest BCUT2D eigenvalue weighted by molar-refractivity contribution is -0.139. The molecule has 0 aliphatic rings. The van der Waals surface area contributed by atoms with E-state index < -0.39 is 0 Å². The Morgan fingerprint density at radius 3 is 1.58 bits per heavy atom. The summed E-state index contributed by atoms with van der Waals surface area (Å²) in [6.07, 6.45) is 18.0. The van der Waals surface area contributed by atoms with E-state index in [2.05, 4.69) is 6.92 Å². The Balaban J connectivity index is 3.33. The van der Waals surface area contributed by atoms with Gasteiger partial charge in [-0.2, -0.15) is 0 Å². The summed E-state index contributed by atoms with van der Waals surface area (Å²) in [7, 11) is 0. The van der Waals surface area contributed by atoms with Gasteiger partial charge in [-0.25, -0.2) is 0 Å². The molecule has 0 bridgehead atoms. The van der Waals surface area contributed by atoms with Gasteiger partial charge in [0.2, 0.25) is 0 Å². The maximum Gasteiger partial charge on any atom is 0.310 e. The fraction of sp³-hybridized carbons (Fsp3) is 0.810. The standard InChI is InChI=1S/C21H38O3/c1-4-5-6-7-8-9-10-11-12-13-14-15-16-17-21(23)24-20(3)19(2)18-22/h18H,4-17H2,1-3H3. The molecule has 0 spiro atoms. The predicted molar refractivity (Wildman–Crippen MR) is 101 cm³/mol. The van der Waals surface area contributed by atoms with Crippen molar-refractivity contribution in [2.75, 3.05) is 0 Å². The number of hydrogen-bond acceptors (Lipinski definition) is 3. The molecule has 0 aliphatic heterocycles. The Kier molecular flexibility index (Phi) is 15.9. The van der Waals surface area contributed by atoms with E-state index in [0.717, 1.165) is 12.8 Å². The molecule has 0 unspecified atom stereocenters. The van der Waals surface area contributed by atoms with E-state index in [4.69, 9.17) is 4.74 Å². The zero-order chi connectivity index (χ0) is 18.0. The summed E-state index contributed by atoms with van der Waals surface area (Å²) in [5.41, 5.74) is 0.480. The van der Waals surface area contributed by atoms with Crippen LogP contribution < -0.4 is 0 Å². The number of carbonyl (C=O) groups excluding carboxylic acids is 2. The van der Waals surface area contributed by atoms with Gasteiger partial charge in [0, 0.05) is 12.0 Å². The monoisotopic (exact) mass is 338 g/mol. The summed E-state index contributed by atoms with van der Waals surface area (Å²) in [5, 5.41) is 0. The fourth-order valence-corrected chi connectivity index (χ4v) is 2.67. The van der Waals surface area contributed by atoms with Crippen LogP contribution in [0.3, 0.4) is 0 Å². The van der Waals surface area contributed by atoms with Crippen molar-refractivity contribution >= 4 is 12.3 Å². The van der Waals surface area contributed by atoms with Gasteiger partial charge in [-0.1, -0.05) is 84.0 Å². The van der Waals surface area contributed by atoms with Crippen LogP contribution in [0.2, 0.25) is 0 Å². The van der Waals surface area contributed by atoms with Crippen LogP contribution in [-0.2, 0) is 14.3 Å². The van der Waals surface area contributed by atoms with Gasteiger partial charge in [-0.15, -0.1) is 0 Å². The lowest BCUT2D eigenvalue weighted by atomic mass is 10.0. The second-order valence-electron chi connectivity index (χ2n) is 6.82. The van der Waals surface area contributed by atoms with Gasteiger partial charge in [-0.3, -0.25) is 9.59 Å². The van der Waals surface area contributed by atoms with Crippen molar-refractivity contribution in [3.8, 4) is 0 Å². The topological polar surface area (TPSA) is 43.4 Å². The van der Waals surface area contributed by atoms with Gasteiger partial charge in [0.05, 0.1) is 0 Å². The molecular formula is C21H38O3. The minimum Gasteiger partial charge on any atom is -0.431 e. The predicted octanol–water partition coefficient (Wildman–Crippen LogP) is 6.50. The van der Waals surface area contributed by atoms with E-state index in [1.54, 1.807) is 13.8 Å². The van der Waals surface area contributed by atoms with Crippen molar-refractivity contribution in [2.24, 2.45) is 0 Å². The number of ether oxygens (including phenoxy) is 1. The molecular weight excluding hydrogens is 300 g/mol. The number of aldehydes is 1. The molecule has 0 radical (unpaired) electrons. The molecule has 0 fully saturated rings.